The van der Waals surface area contributed by atoms with Gasteiger partial charge in [-0.15, -0.1) is 0 Å². The number of carbonyl (C=O) groups is 2. The van der Waals surface area contributed by atoms with Crippen LogP contribution in [-0.4, -0.2) is 29.7 Å². The number of carboxylic acid groups (broad SMARTS) is 1. The molecule has 1 aliphatic carbocycles. The van der Waals surface area contributed by atoms with Crippen molar-refractivity contribution in [3.8, 4) is 0 Å². The SMILES string of the molecule is CCOC1CC1C(=O)Nc1cccc(CCC(=O)O)c1. The molecular formula is C15H19NO4. The molecule has 1 fully saturated rings. The average molecular weight is 277 g/mol. The molecule has 0 bridgehead atoms. The third-order valence-corrected chi connectivity index (χ3v) is 3.27. The molecule has 1 aromatic carbocycles. The number of rotatable bonds is 7. The van der Waals surface area contributed by atoms with Gasteiger partial charge in [-0.05, 0) is 37.5 Å². The second-order valence-electron chi connectivity index (χ2n) is 4.92. The lowest BCUT2D eigenvalue weighted by Gasteiger charge is -2.07. The molecule has 0 aliphatic heterocycles. The highest BCUT2D eigenvalue weighted by atomic mass is 16.5. The maximum Gasteiger partial charge on any atom is 0.303 e. The van der Waals surface area contributed by atoms with Gasteiger partial charge in [-0.2, -0.15) is 0 Å². The van der Waals surface area contributed by atoms with Crippen molar-refractivity contribution in [2.45, 2.75) is 32.3 Å². The van der Waals surface area contributed by atoms with Crippen LogP contribution in [0.2, 0.25) is 0 Å². The zero-order valence-corrected chi connectivity index (χ0v) is 11.5. The van der Waals surface area contributed by atoms with E-state index in [0.717, 1.165) is 12.0 Å². The van der Waals surface area contributed by atoms with Gasteiger partial charge in [0.05, 0.1) is 12.0 Å². The smallest absolute Gasteiger partial charge is 0.303 e. The van der Waals surface area contributed by atoms with Crippen LogP contribution in [0.1, 0.15) is 25.3 Å². The van der Waals surface area contributed by atoms with Gasteiger partial charge < -0.3 is 15.2 Å². The number of nitrogens with one attached hydrogen (secondary N) is 1. The molecule has 1 aliphatic rings. The lowest BCUT2D eigenvalue weighted by molar-refractivity contribution is -0.137. The van der Waals surface area contributed by atoms with Crippen molar-refractivity contribution in [1.82, 2.24) is 0 Å². The highest BCUT2D eigenvalue weighted by Crippen LogP contribution is 2.34. The largest absolute Gasteiger partial charge is 0.481 e. The minimum atomic E-state index is -0.822. The fraction of sp³-hybridized carbons (Fsp3) is 0.467. The van der Waals surface area contributed by atoms with E-state index in [1.807, 2.05) is 25.1 Å². The van der Waals surface area contributed by atoms with Crippen molar-refractivity contribution in [2.24, 2.45) is 5.92 Å². The van der Waals surface area contributed by atoms with Crippen molar-refractivity contribution < 1.29 is 19.4 Å². The second-order valence-corrected chi connectivity index (χ2v) is 4.92. The summed E-state index contributed by atoms with van der Waals surface area (Å²) in [4.78, 5) is 22.5. The minimum absolute atomic E-state index is 0.0289. The Hall–Kier alpha value is -1.88. The van der Waals surface area contributed by atoms with Crippen molar-refractivity contribution in [1.29, 1.82) is 0 Å². The summed E-state index contributed by atoms with van der Waals surface area (Å²) in [5.41, 5.74) is 1.61. The maximum absolute atomic E-state index is 12.0. The molecule has 2 unspecified atom stereocenters. The number of aliphatic carboxylic acids is 1. The molecule has 2 N–H and O–H groups in total. The molecule has 1 amide bonds. The summed E-state index contributed by atoms with van der Waals surface area (Å²) in [7, 11) is 0. The summed E-state index contributed by atoms with van der Waals surface area (Å²) in [6.07, 6.45) is 1.38. The average Bonchev–Trinajstić information content (AvgIpc) is 3.17. The number of carbonyl (C=O) groups excluding carboxylic acids is 1. The first-order valence-electron chi connectivity index (χ1n) is 6.83. The number of ether oxygens (including phenoxy) is 1. The molecule has 0 aromatic heterocycles. The van der Waals surface area contributed by atoms with E-state index in [1.54, 1.807) is 6.07 Å². The van der Waals surface area contributed by atoms with Gasteiger partial charge in [-0.3, -0.25) is 9.59 Å². The first kappa shape index (κ1) is 14.5. The fourth-order valence-electron chi connectivity index (χ4n) is 2.14. The zero-order valence-electron chi connectivity index (χ0n) is 11.5. The van der Waals surface area contributed by atoms with E-state index in [1.165, 1.54) is 0 Å². The Kier molecular flexibility index (Phi) is 4.74. The van der Waals surface area contributed by atoms with Crippen LogP contribution in [0.3, 0.4) is 0 Å². The first-order chi connectivity index (χ1) is 9.60. The number of carboxylic acids is 1. The Bertz CT molecular complexity index is 500. The van der Waals surface area contributed by atoms with Gasteiger partial charge in [0.25, 0.3) is 0 Å². The third-order valence-electron chi connectivity index (χ3n) is 3.27. The monoisotopic (exact) mass is 277 g/mol. The normalized spacial score (nSPS) is 20.4. The van der Waals surface area contributed by atoms with Crippen molar-refractivity contribution in [3.05, 3.63) is 29.8 Å². The van der Waals surface area contributed by atoms with Gasteiger partial charge in [0.15, 0.2) is 0 Å². The summed E-state index contributed by atoms with van der Waals surface area (Å²) < 4.78 is 5.39. The lowest BCUT2D eigenvalue weighted by Crippen LogP contribution is -2.16. The Morgan fingerprint density at radius 2 is 2.25 bits per heavy atom. The van der Waals surface area contributed by atoms with Crippen LogP contribution >= 0.6 is 0 Å². The van der Waals surface area contributed by atoms with Crippen LogP contribution in [0, 0.1) is 5.92 Å². The van der Waals surface area contributed by atoms with Gasteiger partial charge in [0, 0.05) is 18.7 Å². The Morgan fingerprint density at radius 1 is 1.45 bits per heavy atom. The number of benzene rings is 1. The zero-order chi connectivity index (χ0) is 14.5. The van der Waals surface area contributed by atoms with Gasteiger partial charge >= 0.3 is 5.97 Å². The van der Waals surface area contributed by atoms with Crippen molar-refractivity contribution in [3.63, 3.8) is 0 Å². The Morgan fingerprint density at radius 3 is 2.95 bits per heavy atom. The molecule has 20 heavy (non-hydrogen) atoms. The molecule has 2 atom stereocenters. The summed E-state index contributed by atoms with van der Waals surface area (Å²) in [6.45, 7) is 2.54. The summed E-state index contributed by atoms with van der Waals surface area (Å²) in [5, 5.41) is 11.5. The number of aryl methyl sites for hydroxylation is 1. The maximum atomic E-state index is 12.0. The quantitative estimate of drug-likeness (QED) is 0.800. The Balaban J connectivity index is 1.88. The molecular weight excluding hydrogens is 258 g/mol. The molecule has 5 nitrogen and oxygen atoms in total. The molecule has 0 heterocycles. The molecule has 0 spiro atoms. The highest BCUT2D eigenvalue weighted by Gasteiger charge is 2.43. The minimum Gasteiger partial charge on any atom is -0.481 e. The van der Waals surface area contributed by atoms with Crippen LogP contribution in [0.5, 0.6) is 0 Å². The predicted molar refractivity (Wildman–Crippen MR) is 74.5 cm³/mol. The molecule has 108 valence electrons. The lowest BCUT2D eigenvalue weighted by atomic mass is 10.1. The topological polar surface area (TPSA) is 75.6 Å². The first-order valence-corrected chi connectivity index (χ1v) is 6.83. The number of anilines is 1. The van der Waals surface area contributed by atoms with E-state index in [-0.39, 0.29) is 24.3 Å². The Labute approximate surface area is 117 Å². The van der Waals surface area contributed by atoms with Gasteiger partial charge in [-0.25, -0.2) is 0 Å². The number of amides is 1. The van der Waals surface area contributed by atoms with E-state index < -0.39 is 5.97 Å². The molecule has 0 saturated heterocycles. The van der Waals surface area contributed by atoms with Crippen LogP contribution in [0.15, 0.2) is 24.3 Å². The van der Waals surface area contributed by atoms with Crippen LogP contribution < -0.4 is 5.32 Å². The van der Waals surface area contributed by atoms with E-state index in [0.29, 0.717) is 18.7 Å². The molecule has 2 rings (SSSR count). The summed E-state index contributed by atoms with van der Waals surface area (Å²) in [5.74, 6) is -0.909. The van der Waals surface area contributed by atoms with Gasteiger partial charge in [0.2, 0.25) is 5.91 Å². The van der Waals surface area contributed by atoms with E-state index in [2.05, 4.69) is 5.32 Å². The van der Waals surface area contributed by atoms with Gasteiger partial charge in [-0.1, -0.05) is 12.1 Å². The van der Waals surface area contributed by atoms with Crippen LogP contribution in [0.4, 0.5) is 5.69 Å². The van der Waals surface area contributed by atoms with E-state index >= 15 is 0 Å². The van der Waals surface area contributed by atoms with Gasteiger partial charge in [0.1, 0.15) is 0 Å². The van der Waals surface area contributed by atoms with Crippen LogP contribution in [0.25, 0.3) is 0 Å². The summed E-state index contributed by atoms with van der Waals surface area (Å²) in [6, 6.07) is 7.30. The predicted octanol–water partition coefficient (Wildman–Crippen LogP) is 2.07. The molecule has 5 heteroatoms. The third kappa shape index (κ3) is 4.06. The molecule has 0 radical (unpaired) electrons. The van der Waals surface area contributed by atoms with Crippen LogP contribution in [-0.2, 0) is 20.7 Å². The fourth-order valence-corrected chi connectivity index (χ4v) is 2.14. The summed E-state index contributed by atoms with van der Waals surface area (Å²) >= 11 is 0. The van der Waals surface area contributed by atoms with Crippen molar-refractivity contribution >= 4 is 17.6 Å². The second kappa shape index (κ2) is 6.52. The van der Waals surface area contributed by atoms with E-state index in [9.17, 15) is 9.59 Å². The number of hydrogen-bond acceptors (Lipinski definition) is 3. The molecule has 1 saturated carbocycles. The highest BCUT2D eigenvalue weighted by molar-refractivity contribution is 5.94. The van der Waals surface area contributed by atoms with Crippen molar-refractivity contribution in [2.75, 3.05) is 11.9 Å². The standard InChI is InChI=1S/C15H19NO4/c1-2-20-13-9-12(13)15(19)16-11-5-3-4-10(8-11)6-7-14(17)18/h3-5,8,12-13H,2,6-7,9H2,1H3,(H,16,19)(H,17,18). The van der Waals surface area contributed by atoms with E-state index in [4.69, 9.17) is 9.84 Å². The molecule has 1 aromatic rings. The number of hydrogen-bond donors (Lipinski definition) is 2.